The summed E-state index contributed by atoms with van der Waals surface area (Å²) in [6.07, 6.45) is 6.05. The van der Waals surface area contributed by atoms with Crippen molar-refractivity contribution in [2.45, 2.75) is 44.7 Å². The minimum atomic E-state index is -3.06. The van der Waals surface area contributed by atoms with Gasteiger partial charge in [0.2, 0.25) is 0 Å². The topological polar surface area (TPSA) is 107 Å². The lowest BCUT2D eigenvalue weighted by Gasteiger charge is -2.12. The van der Waals surface area contributed by atoms with Crippen molar-refractivity contribution in [3.8, 4) is 0 Å². The number of nitrogens with zero attached hydrogens (tertiary/aromatic N) is 4. The standard InChI is InChI=1S/C21H23N5O3S/c1-13-19-17(21(27)23-11-14-3-2-7-22-10-14)9-18(15-4-5-15)24-20(19)26(25-13)16-6-8-30(28,29)12-16/h2-3,7,9-10,15-16H,4-6,8,11-12H2,1H3,(H,23,27). The monoisotopic (exact) mass is 425 g/mol. The van der Waals surface area contributed by atoms with E-state index in [0.717, 1.165) is 24.1 Å². The quantitative estimate of drug-likeness (QED) is 0.672. The van der Waals surface area contributed by atoms with E-state index in [1.807, 2.05) is 25.1 Å². The van der Waals surface area contributed by atoms with Gasteiger partial charge in [0.25, 0.3) is 5.91 Å². The summed E-state index contributed by atoms with van der Waals surface area (Å²) in [5.74, 6) is 0.407. The van der Waals surface area contributed by atoms with Crippen LogP contribution in [0.1, 0.15) is 58.5 Å². The lowest BCUT2D eigenvalue weighted by Crippen LogP contribution is -2.23. The fraction of sp³-hybridized carbons (Fsp3) is 0.429. The smallest absolute Gasteiger partial charge is 0.252 e. The number of fused-ring (bicyclic) bond motifs is 1. The first-order valence-electron chi connectivity index (χ1n) is 10.2. The van der Waals surface area contributed by atoms with Crippen LogP contribution in [-0.2, 0) is 16.4 Å². The summed E-state index contributed by atoms with van der Waals surface area (Å²) in [6, 6.07) is 5.39. The fourth-order valence-corrected chi connectivity index (χ4v) is 5.79. The third-order valence-corrected chi connectivity index (χ3v) is 7.58. The molecule has 0 aromatic carbocycles. The van der Waals surface area contributed by atoms with Gasteiger partial charge in [0.05, 0.1) is 34.2 Å². The summed E-state index contributed by atoms with van der Waals surface area (Å²) in [7, 11) is -3.06. The van der Waals surface area contributed by atoms with Crippen molar-refractivity contribution < 1.29 is 13.2 Å². The Bertz CT molecular complexity index is 1230. The number of pyridine rings is 2. The molecule has 1 unspecified atom stereocenters. The molecule has 0 radical (unpaired) electrons. The summed E-state index contributed by atoms with van der Waals surface area (Å²) in [4.78, 5) is 22.0. The van der Waals surface area contributed by atoms with Crippen LogP contribution >= 0.6 is 0 Å². The van der Waals surface area contributed by atoms with Gasteiger partial charge in [-0.15, -0.1) is 0 Å². The highest BCUT2D eigenvalue weighted by atomic mass is 32.2. The maximum atomic E-state index is 13.1. The number of aromatic nitrogens is 4. The number of rotatable bonds is 5. The number of aryl methyl sites for hydroxylation is 1. The van der Waals surface area contributed by atoms with Gasteiger partial charge < -0.3 is 5.32 Å². The van der Waals surface area contributed by atoms with Gasteiger partial charge in [0, 0.05) is 30.6 Å². The molecule has 2 aliphatic rings. The van der Waals surface area contributed by atoms with E-state index in [-0.39, 0.29) is 23.5 Å². The van der Waals surface area contributed by atoms with E-state index >= 15 is 0 Å². The largest absolute Gasteiger partial charge is 0.348 e. The molecule has 3 aromatic heterocycles. The third-order valence-electron chi connectivity index (χ3n) is 5.83. The van der Waals surface area contributed by atoms with Gasteiger partial charge in [-0.25, -0.2) is 18.1 Å². The number of carbonyl (C=O) groups is 1. The molecule has 1 atom stereocenters. The Labute approximate surface area is 174 Å². The molecule has 30 heavy (non-hydrogen) atoms. The van der Waals surface area contributed by atoms with Crippen LogP contribution in [0.2, 0.25) is 0 Å². The lowest BCUT2D eigenvalue weighted by molar-refractivity contribution is 0.0952. The SMILES string of the molecule is Cc1nn(C2CCS(=O)(=O)C2)c2nc(C3CC3)cc(C(=O)NCc3cccnc3)c12. The van der Waals surface area contributed by atoms with Gasteiger partial charge >= 0.3 is 0 Å². The molecule has 1 aliphatic carbocycles. The second-order valence-electron chi connectivity index (χ2n) is 8.20. The van der Waals surface area contributed by atoms with Gasteiger partial charge in [-0.1, -0.05) is 6.07 Å². The molecule has 0 spiro atoms. The van der Waals surface area contributed by atoms with Crippen molar-refractivity contribution in [2.75, 3.05) is 11.5 Å². The fourth-order valence-electron chi connectivity index (χ4n) is 4.10. The Morgan fingerprint density at radius 2 is 2.13 bits per heavy atom. The van der Waals surface area contributed by atoms with E-state index in [9.17, 15) is 13.2 Å². The van der Waals surface area contributed by atoms with E-state index < -0.39 is 9.84 Å². The molecule has 2 fully saturated rings. The Kier molecular flexibility index (Phi) is 4.57. The Morgan fingerprint density at radius 1 is 1.30 bits per heavy atom. The Morgan fingerprint density at radius 3 is 2.80 bits per heavy atom. The molecule has 156 valence electrons. The summed E-state index contributed by atoms with van der Waals surface area (Å²) in [5, 5.41) is 8.29. The highest BCUT2D eigenvalue weighted by Gasteiger charge is 2.34. The van der Waals surface area contributed by atoms with Crippen molar-refractivity contribution in [1.29, 1.82) is 0 Å². The number of sulfone groups is 1. The maximum absolute atomic E-state index is 13.1. The van der Waals surface area contributed by atoms with E-state index in [0.29, 0.717) is 41.2 Å². The summed E-state index contributed by atoms with van der Waals surface area (Å²) >= 11 is 0. The van der Waals surface area contributed by atoms with Gasteiger partial charge in [-0.2, -0.15) is 5.10 Å². The Balaban J connectivity index is 1.55. The van der Waals surface area contributed by atoms with Crippen molar-refractivity contribution in [3.05, 3.63) is 53.1 Å². The second-order valence-corrected chi connectivity index (χ2v) is 10.4. The minimum absolute atomic E-state index is 0.0705. The second kappa shape index (κ2) is 7.16. The van der Waals surface area contributed by atoms with E-state index in [2.05, 4.69) is 15.4 Å². The van der Waals surface area contributed by atoms with Gasteiger partial charge in [-0.3, -0.25) is 9.78 Å². The molecule has 1 saturated carbocycles. The van der Waals surface area contributed by atoms with Crippen molar-refractivity contribution in [3.63, 3.8) is 0 Å². The Hall–Kier alpha value is -2.81. The van der Waals surface area contributed by atoms with E-state index in [1.54, 1.807) is 17.1 Å². The van der Waals surface area contributed by atoms with Crippen LogP contribution in [0.25, 0.3) is 11.0 Å². The molecule has 1 N–H and O–H groups in total. The maximum Gasteiger partial charge on any atom is 0.252 e. The summed E-state index contributed by atoms with van der Waals surface area (Å²) in [6.45, 7) is 2.22. The molecule has 1 aliphatic heterocycles. The average molecular weight is 426 g/mol. The number of carbonyl (C=O) groups excluding carboxylic acids is 1. The molecule has 3 aromatic rings. The molecule has 5 rings (SSSR count). The molecule has 0 bridgehead atoms. The minimum Gasteiger partial charge on any atom is -0.348 e. The first kappa shape index (κ1) is 19.2. The predicted molar refractivity (Wildman–Crippen MR) is 112 cm³/mol. The van der Waals surface area contributed by atoms with Gasteiger partial charge in [0.15, 0.2) is 15.5 Å². The zero-order valence-corrected chi connectivity index (χ0v) is 17.5. The van der Waals surface area contributed by atoms with E-state index in [1.165, 1.54) is 0 Å². The highest BCUT2D eigenvalue weighted by molar-refractivity contribution is 7.91. The van der Waals surface area contributed by atoms with Crippen molar-refractivity contribution in [1.82, 2.24) is 25.1 Å². The summed E-state index contributed by atoms with van der Waals surface area (Å²) < 4.78 is 25.7. The first-order valence-corrected chi connectivity index (χ1v) is 12.0. The number of hydrogen-bond acceptors (Lipinski definition) is 6. The molecule has 1 saturated heterocycles. The van der Waals surface area contributed by atoms with Crippen LogP contribution in [-0.4, -0.2) is 45.6 Å². The molecule has 4 heterocycles. The van der Waals surface area contributed by atoms with Gasteiger partial charge in [0.1, 0.15) is 0 Å². The predicted octanol–water partition coefficient (Wildman–Crippen LogP) is 2.30. The van der Waals surface area contributed by atoms with Gasteiger partial charge in [-0.05, 0) is 43.9 Å². The van der Waals surface area contributed by atoms with Crippen molar-refractivity contribution >= 4 is 26.8 Å². The van der Waals surface area contributed by atoms with Crippen LogP contribution in [0.3, 0.4) is 0 Å². The summed E-state index contributed by atoms with van der Waals surface area (Å²) in [5.41, 5.74) is 3.66. The normalized spacial score (nSPS) is 20.5. The van der Waals surface area contributed by atoms with Crippen LogP contribution in [0.15, 0.2) is 30.6 Å². The average Bonchev–Trinajstić information content (AvgIpc) is 3.45. The molecule has 9 heteroatoms. The third kappa shape index (κ3) is 3.58. The number of hydrogen-bond donors (Lipinski definition) is 1. The molecule has 1 amide bonds. The molecular weight excluding hydrogens is 402 g/mol. The zero-order valence-electron chi connectivity index (χ0n) is 16.7. The number of nitrogens with one attached hydrogen (secondary N) is 1. The first-order chi connectivity index (χ1) is 14.4. The zero-order chi connectivity index (χ0) is 20.9. The highest BCUT2D eigenvalue weighted by Crippen LogP contribution is 2.41. The van der Waals surface area contributed by atoms with Crippen LogP contribution in [0.5, 0.6) is 0 Å². The van der Waals surface area contributed by atoms with Crippen LogP contribution in [0, 0.1) is 6.92 Å². The van der Waals surface area contributed by atoms with Crippen LogP contribution < -0.4 is 5.32 Å². The van der Waals surface area contributed by atoms with Crippen LogP contribution in [0.4, 0.5) is 0 Å². The molecule has 8 nitrogen and oxygen atoms in total. The lowest BCUT2D eigenvalue weighted by atomic mass is 10.1. The van der Waals surface area contributed by atoms with Crippen molar-refractivity contribution in [2.24, 2.45) is 0 Å². The molecular formula is C21H23N5O3S. The van der Waals surface area contributed by atoms with E-state index in [4.69, 9.17) is 4.98 Å². The number of amides is 1.